The molecule has 2 N–H and O–H groups in total. The molecule has 0 saturated carbocycles. The molecule has 1 aliphatic rings. The number of fused-ring (bicyclic) bond motifs is 1. The van der Waals surface area contributed by atoms with Crippen molar-refractivity contribution in [3.05, 3.63) is 76.6 Å². The number of hydrogen-bond donors (Lipinski definition) is 1. The number of rotatable bonds is 7. The van der Waals surface area contributed by atoms with Crippen LogP contribution in [0.3, 0.4) is 0 Å². The van der Waals surface area contributed by atoms with E-state index in [-0.39, 0.29) is 6.61 Å². The number of primary amides is 1. The highest BCUT2D eigenvalue weighted by Gasteiger charge is 2.20. The Balaban J connectivity index is 1.80. The van der Waals surface area contributed by atoms with Crippen LogP contribution in [0, 0.1) is 0 Å². The number of allylic oxidation sites excluding steroid dienone is 2. The molecule has 0 fully saturated rings. The Morgan fingerprint density at radius 1 is 1.36 bits per heavy atom. The number of carbonyl (C=O) groups excluding carboxylic acids is 1. The van der Waals surface area contributed by atoms with E-state index in [2.05, 4.69) is 39.7 Å². The van der Waals surface area contributed by atoms with Gasteiger partial charge in [0.15, 0.2) is 0 Å². The van der Waals surface area contributed by atoms with Gasteiger partial charge in [-0.25, -0.2) is 0 Å². The zero-order valence-corrected chi connectivity index (χ0v) is 18.0. The average molecular weight is 462 g/mol. The van der Waals surface area contributed by atoms with Crippen LogP contribution in [-0.2, 0) is 0 Å². The minimum atomic E-state index is -0.540. The van der Waals surface area contributed by atoms with Gasteiger partial charge in [-0.1, -0.05) is 46.3 Å². The SMILES string of the molecule is C=C(COc1cc2ccc(Cl)cc2cc1C(N)=O)C1=CN(CCBr)/C(=C/C)C1. The maximum atomic E-state index is 11.9. The third kappa shape index (κ3) is 4.42. The van der Waals surface area contributed by atoms with Gasteiger partial charge in [0, 0.05) is 35.2 Å². The Morgan fingerprint density at radius 3 is 2.82 bits per heavy atom. The molecule has 146 valence electrons. The lowest BCUT2D eigenvalue weighted by Crippen LogP contribution is -2.14. The van der Waals surface area contributed by atoms with E-state index in [4.69, 9.17) is 22.1 Å². The number of hydrogen-bond acceptors (Lipinski definition) is 3. The number of ether oxygens (including phenoxy) is 1. The Bertz CT molecular complexity index is 997. The van der Waals surface area contributed by atoms with E-state index < -0.39 is 5.91 Å². The molecule has 0 atom stereocenters. The van der Waals surface area contributed by atoms with E-state index in [1.165, 1.54) is 5.70 Å². The van der Waals surface area contributed by atoms with Crippen molar-refractivity contribution in [1.29, 1.82) is 0 Å². The zero-order chi connectivity index (χ0) is 20.3. The van der Waals surface area contributed by atoms with Crippen LogP contribution in [0.4, 0.5) is 0 Å². The predicted octanol–water partition coefficient (Wildman–Crippen LogP) is 5.42. The third-order valence-corrected chi connectivity index (χ3v) is 5.32. The van der Waals surface area contributed by atoms with Crippen molar-refractivity contribution in [2.24, 2.45) is 5.73 Å². The minimum Gasteiger partial charge on any atom is -0.488 e. The average Bonchev–Trinajstić information content (AvgIpc) is 3.08. The summed E-state index contributed by atoms with van der Waals surface area (Å²) < 4.78 is 5.95. The van der Waals surface area contributed by atoms with Gasteiger partial charge < -0.3 is 15.4 Å². The van der Waals surface area contributed by atoms with E-state index in [0.717, 1.165) is 40.2 Å². The van der Waals surface area contributed by atoms with Crippen molar-refractivity contribution in [1.82, 2.24) is 4.90 Å². The van der Waals surface area contributed by atoms with Crippen LogP contribution in [0.2, 0.25) is 5.02 Å². The molecule has 0 unspecified atom stereocenters. The number of carbonyl (C=O) groups is 1. The van der Waals surface area contributed by atoms with Gasteiger partial charge in [0.2, 0.25) is 0 Å². The summed E-state index contributed by atoms with van der Waals surface area (Å²) in [4.78, 5) is 14.1. The zero-order valence-electron chi connectivity index (χ0n) is 15.7. The maximum absolute atomic E-state index is 11.9. The molecule has 0 bridgehead atoms. The summed E-state index contributed by atoms with van der Waals surface area (Å²) in [6, 6.07) is 9.02. The van der Waals surface area contributed by atoms with Gasteiger partial charge in [-0.2, -0.15) is 0 Å². The number of nitrogens with two attached hydrogens (primary N) is 1. The molecular weight excluding hydrogens is 440 g/mol. The second kappa shape index (κ2) is 8.84. The minimum absolute atomic E-state index is 0.282. The van der Waals surface area contributed by atoms with Crippen molar-refractivity contribution in [3.63, 3.8) is 0 Å². The van der Waals surface area contributed by atoms with Crippen LogP contribution in [0.25, 0.3) is 10.8 Å². The summed E-state index contributed by atoms with van der Waals surface area (Å²) in [6.07, 6.45) is 5.05. The predicted molar refractivity (Wildman–Crippen MR) is 119 cm³/mol. The van der Waals surface area contributed by atoms with Crippen molar-refractivity contribution < 1.29 is 9.53 Å². The molecule has 1 amide bonds. The van der Waals surface area contributed by atoms with Crippen LogP contribution >= 0.6 is 27.5 Å². The fourth-order valence-electron chi connectivity index (χ4n) is 3.21. The molecule has 1 heterocycles. The fraction of sp³-hybridized carbons (Fsp3) is 0.227. The van der Waals surface area contributed by atoms with Crippen LogP contribution in [-0.4, -0.2) is 29.3 Å². The second-order valence-electron chi connectivity index (χ2n) is 6.59. The molecule has 0 radical (unpaired) electrons. The molecule has 0 saturated heterocycles. The summed E-state index contributed by atoms with van der Waals surface area (Å²) in [5.74, 6) is -0.0899. The van der Waals surface area contributed by atoms with Gasteiger partial charge >= 0.3 is 0 Å². The summed E-state index contributed by atoms with van der Waals surface area (Å²) in [5.41, 5.74) is 9.14. The molecule has 28 heavy (non-hydrogen) atoms. The molecule has 4 nitrogen and oxygen atoms in total. The Hall–Kier alpha value is -2.24. The number of nitrogens with zero attached hydrogens (tertiary/aromatic N) is 1. The summed E-state index contributed by atoms with van der Waals surface area (Å²) >= 11 is 9.53. The van der Waals surface area contributed by atoms with Crippen LogP contribution in [0.1, 0.15) is 23.7 Å². The molecule has 0 spiro atoms. The van der Waals surface area contributed by atoms with E-state index in [0.29, 0.717) is 16.3 Å². The van der Waals surface area contributed by atoms with Gasteiger partial charge in [-0.05, 0) is 53.1 Å². The Kier molecular flexibility index (Phi) is 6.47. The van der Waals surface area contributed by atoms with Crippen molar-refractivity contribution in [2.45, 2.75) is 13.3 Å². The first-order valence-electron chi connectivity index (χ1n) is 8.95. The molecule has 3 rings (SSSR count). The van der Waals surface area contributed by atoms with Crippen LogP contribution in [0.5, 0.6) is 5.75 Å². The highest BCUT2D eigenvalue weighted by atomic mass is 79.9. The molecule has 0 aromatic heterocycles. The second-order valence-corrected chi connectivity index (χ2v) is 7.82. The standard InChI is InChI=1S/C22H22BrClN2O2/c1-3-19-9-17(12-26(19)7-6-23)14(2)13-28-21-11-15-4-5-18(24)8-16(15)10-20(21)22(25)27/h3-5,8,10-12H,2,6-7,9,13H2,1H3,(H2,25,27)/b19-3+. The van der Waals surface area contributed by atoms with Gasteiger partial charge in [0.05, 0.1) is 5.56 Å². The van der Waals surface area contributed by atoms with Crippen molar-refractivity contribution in [2.75, 3.05) is 18.5 Å². The van der Waals surface area contributed by atoms with Crippen molar-refractivity contribution >= 4 is 44.2 Å². The third-order valence-electron chi connectivity index (χ3n) is 4.73. The molecule has 2 aromatic rings. The largest absolute Gasteiger partial charge is 0.488 e. The van der Waals surface area contributed by atoms with E-state index in [1.54, 1.807) is 18.2 Å². The summed E-state index contributed by atoms with van der Waals surface area (Å²) in [5, 5.41) is 3.26. The smallest absolute Gasteiger partial charge is 0.252 e. The molecular formula is C22H22BrClN2O2. The lowest BCUT2D eigenvalue weighted by molar-refractivity contribution is 0.0997. The summed E-state index contributed by atoms with van der Waals surface area (Å²) in [6.45, 7) is 7.39. The van der Waals surface area contributed by atoms with Gasteiger partial charge in [-0.15, -0.1) is 0 Å². The first kappa shape index (κ1) is 20.5. The first-order valence-corrected chi connectivity index (χ1v) is 10.5. The number of halogens is 2. The molecule has 1 aliphatic heterocycles. The van der Waals surface area contributed by atoms with Crippen LogP contribution in [0.15, 0.2) is 66.0 Å². The fourth-order valence-corrected chi connectivity index (χ4v) is 3.78. The first-order chi connectivity index (χ1) is 13.4. The maximum Gasteiger partial charge on any atom is 0.252 e. The molecule has 6 heteroatoms. The van der Waals surface area contributed by atoms with Gasteiger partial charge in [0.25, 0.3) is 5.91 Å². The highest BCUT2D eigenvalue weighted by Crippen LogP contribution is 2.31. The van der Waals surface area contributed by atoms with E-state index in [9.17, 15) is 4.79 Å². The Morgan fingerprint density at radius 2 is 2.14 bits per heavy atom. The lowest BCUT2D eigenvalue weighted by atomic mass is 10.0. The van der Waals surface area contributed by atoms with Gasteiger partial charge in [-0.3, -0.25) is 4.79 Å². The van der Waals surface area contributed by atoms with Crippen LogP contribution < -0.4 is 10.5 Å². The molecule has 2 aromatic carbocycles. The van der Waals surface area contributed by atoms with E-state index in [1.807, 2.05) is 19.1 Å². The number of benzene rings is 2. The monoisotopic (exact) mass is 460 g/mol. The quantitative estimate of drug-likeness (QED) is 0.561. The normalized spacial score (nSPS) is 15.2. The Labute approximate surface area is 178 Å². The topological polar surface area (TPSA) is 55.6 Å². The van der Waals surface area contributed by atoms with E-state index >= 15 is 0 Å². The van der Waals surface area contributed by atoms with Crippen molar-refractivity contribution in [3.8, 4) is 5.75 Å². The number of alkyl halides is 1. The highest BCUT2D eigenvalue weighted by molar-refractivity contribution is 9.09. The summed E-state index contributed by atoms with van der Waals surface area (Å²) in [7, 11) is 0. The lowest BCUT2D eigenvalue weighted by Gasteiger charge is -2.15. The molecule has 0 aliphatic carbocycles. The van der Waals surface area contributed by atoms with Gasteiger partial charge in [0.1, 0.15) is 12.4 Å². The number of amides is 1.